The Kier molecular flexibility index (Phi) is 7.19. The summed E-state index contributed by atoms with van der Waals surface area (Å²) in [6, 6.07) is 3.46. The molecular formula is C21H28N4O3S. The lowest BCUT2D eigenvalue weighted by atomic mass is 9.98. The van der Waals surface area contributed by atoms with Crippen LogP contribution in [0.2, 0.25) is 0 Å². The highest BCUT2D eigenvalue weighted by atomic mass is 32.1. The number of nitrogens with zero attached hydrogens (tertiary/aromatic N) is 3. The summed E-state index contributed by atoms with van der Waals surface area (Å²) in [5, 5.41) is 6.06. The molecule has 1 aliphatic rings. The van der Waals surface area contributed by atoms with Crippen LogP contribution >= 0.6 is 11.3 Å². The van der Waals surface area contributed by atoms with Gasteiger partial charge in [0, 0.05) is 55.5 Å². The fourth-order valence-corrected chi connectivity index (χ4v) is 4.30. The van der Waals surface area contributed by atoms with Crippen LogP contribution in [0.3, 0.4) is 0 Å². The lowest BCUT2D eigenvalue weighted by Crippen LogP contribution is -2.39. The number of hydrogen-bond acceptors (Lipinski definition) is 6. The van der Waals surface area contributed by atoms with Gasteiger partial charge in [0.25, 0.3) is 5.91 Å². The van der Waals surface area contributed by atoms with Crippen molar-refractivity contribution >= 4 is 23.2 Å². The highest BCUT2D eigenvalue weighted by Gasteiger charge is 2.27. The molecule has 1 N–H and O–H groups in total. The van der Waals surface area contributed by atoms with E-state index in [9.17, 15) is 9.59 Å². The van der Waals surface area contributed by atoms with E-state index in [2.05, 4.69) is 15.7 Å². The lowest BCUT2D eigenvalue weighted by molar-refractivity contribution is -0.123. The standard InChI is InChI=1S/C21H28N4O3S/c1-14(2)19(26)22-9-8-17-13-29-20(24-17)16-5-4-10-25(12-16)21(27)15-6-7-18(28-3)23-11-15/h6-7,11,13-14,16H,4-5,8-10,12H2,1-3H3,(H,22,26)/t16-/m1/s1. The maximum Gasteiger partial charge on any atom is 0.255 e. The summed E-state index contributed by atoms with van der Waals surface area (Å²) < 4.78 is 5.06. The van der Waals surface area contributed by atoms with Crippen LogP contribution in [0.15, 0.2) is 23.7 Å². The van der Waals surface area contributed by atoms with Crippen molar-refractivity contribution in [2.45, 2.75) is 39.0 Å². The number of aromatic nitrogens is 2. The van der Waals surface area contributed by atoms with Crippen molar-refractivity contribution in [2.75, 3.05) is 26.7 Å². The molecule has 1 saturated heterocycles. The minimum Gasteiger partial charge on any atom is -0.481 e. The Bertz CT molecular complexity index is 835. The van der Waals surface area contributed by atoms with E-state index in [0.29, 0.717) is 24.5 Å². The minimum absolute atomic E-state index is 0.00182. The van der Waals surface area contributed by atoms with Crippen LogP contribution in [-0.2, 0) is 11.2 Å². The van der Waals surface area contributed by atoms with E-state index in [1.165, 1.54) is 0 Å². The molecule has 0 spiro atoms. The predicted molar refractivity (Wildman–Crippen MR) is 112 cm³/mol. The van der Waals surface area contributed by atoms with E-state index in [-0.39, 0.29) is 23.7 Å². The first-order chi connectivity index (χ1) is 14.0. The fourth-order valence-electron chi connectivity index (χ4n) is 3.32. The molecule has 8 heteroatoms. The summed E-state index contributed by atoms with van der Waals surface area (Å²) in [5.41, 5.74) is 1.57. The second-order valence-corrected chi connectivity index (χ2v) is 8.44. The number of methoxy groups -OCH3 is 1. The van der Waals surface area contributed by atoms with E-state index in [1.54, 1.807) is 36.8 Å². The summed E-state index contributed by atoms with van der Waals surface area (Å²) in [5.74, 6) is 0.807. The maximum absolute atomic E-state index is 12.8. The molecule has 2 aromatic heterocycles. The van der Waals surface area contributed by atoms with Crippen LogP contribution in [0.1, 0.15) is 53.7 Å². The smallest absolute Gasteiger partial charge is 0.255 e. The van der Waals surface area contributed by atoms with Crippen LogP contribution in [-0.4, -0.2) is 53.4 Å². The molecule has 0 saturated carbocycles. The van der Waals surface area contributed by atoms with Gasteiger partial charge in [-0.3, -0.25) is 9.59 Å². The SMILES string of the molecule is COc1ccc(C(=O)N2CCC[C@@H](c3nc(CCNC(=O)C(C)C)cs3)C2)cn1. The van der Waals surface area contributed by atoms with Gasteiger partial charge in [0.1, 0.15) is 0 Å². The number of hydrogen-bond donors (Lipinski definition) is 1. The third kappa shape index (κ3) is 5.53. The summed E-state index contributed by atoms with van der Waals surface area (Å²) in [7, 11) is 1.56. The number of piperidine rings is 1. The molecule has 2 amide bonds. The van der Waals surface area contributed by atoms with Gasteiger partial charge in [0.15, 0.2) is 0 Å². The lowest BCUT2D eigenvalue weighted by Gasteiger charge is -2.31. The minimum atomic E-state index is -0.00680. The van der Waals surface area contributed by atoms with E-state index < -0.39 is 0 Å². The fraction of sp³-hybridized carbons (Fsp3) is 0.524. The Balaban J connectivity index is 1.57. The summed E-state index contributed by atoms with van der Waals surface area (Å²) in [4.78, 5) is 35.3. The second kappa shape index (κ2) is 9.82. The molecule has 0 aromatic carbocycles. The third-order valence-corrected chi connectivity index (χ3v) is 6.08. The highest BCUT2D eigenvalue weighted by molar-refractivity contribution is 7.09. The number of thiazole rings is 1. The van der Waals surface area contributed by atoms with Gasteiger partial charge in [0.05, 0.1) is 23.4 Å². The third-order valence-electron chi connectivity index (χ3n) is 5.02. The summed E-state index contributed by atoms with van der Waals surface area (Å²) in [6.45, 7) is 5.78. The highest BCUT2D eigenvalue weighted by Crippen LogP contribution is 2.30. The van der Waals surface area contributed by atoms with Gasteiger partial charge in [0.2, 0.25) is 11.8 Å². The van der Waals surface area contributed by atoms with E-state index in [0.717, 1.165) is 36.5 Å². The van der Waals surface area contributed by atoms with Crippen LogP contribution in [0, 0.1) is 5.92 Å². The molecule has 156 valence electrons. The number of pyridine rings is 1. The number of amides is 2. The molecule has 0 bridgehead atoms. The first kappa shape index (κ1) is 21.2. The zero-order valence-corrected chi connectivity index (χ0v) is 18.0. The molecule has 3 rings (SSSR count). The van der Waals surface area contributed by atoms with Crippen LogP contribution in [0.5, 0.6) is 5.88 Å². The van der Waals surface area contributed by atoms with Crippen LogP contribution in [0.4, 0.5) is 0 Å². The number of likely N-dealkylation sites (tertiary alicyclic amines) is 1. The molecule has 1 atom stereocenters. The topological polar surface area (TPSA) is 84.4 Å². The molecule has 0 unspecified atom stereocenters. The molecule has 1 fully saturated rings. The Morgan fingerprint density at radius 3 is 2.90 bits per heavy atom. The Morgan fingerprint density at radius 2 is 2.21 bits per heavy atom. The van der Waals surface area contributed by atoms with Crippen molar-refractivity contribution in [1.29, 1.82) is 0 Å². The first-order valence-electron chi connectivity index (χ1n) is 9.99. The van der Waals surface area contributed by atoms with E-state index >= 15 is 0 Å². The molecule has 0 aliphatic carbocycles. The van der Waals surface area contributed by atoms with Gasteiger partial charge < -0.3 is 15.0 Å². The average molecular weight is 417 g/mol. The summed E-state index contributed by atoms with van der Waals surface area (Å²) >= 11 is 1.65. The van der Waals surface area contributed by atoms with Crippen molar-refractivity contribution in [3.8, 4) is 5.88 Å². The quantitative estimate of drug-likeness (QED) is 0.750. The monoisotopic (exact) mass is 416 g/mol. The Hall–Kier alpha value is -2.48. The molecule has 7 nitrogen and oxygen atoms in total. The number of ether oxygens (including phenoxy) is 1. The zero-order valence-electron chi connectivity index (χ0n) is 17.2. The van der Waals surface area contributed by atoms with E-state index in [4.69, 9.17) is 9.72 Å². The maximum atomic E-state index is 12.8. The van der Waals surface area contributed by atoms with Gasteiger partial charge in [-0.15, -0.1) is 11.3 Å². The van der Waals surface area contributed by atoms with Crippen molar-refractivity contribution < 1.29 is 14.3 Å². The van der Waals surface area contributed by atoms with Gasteiger partial charge in [-0.2, -0.15) is 0 Å². The largest absolute Gasteiger partial charge is 0.481 e. The van der Waals surface area contributed by atoms with E-state index in [1.807, 2.05) is 18.7 Å². The Morgan fingerprint density at radius 1 is 1.38 bits per heavy atom. The number of rotatable bonds is 7. The Labute approximate surface area is 175 Å². The van der Waals surface area contributed by atoms with Gasteiger partial charge >= 0.3 is 0 Å². The molecule has 29 heavy (non-hydrogen) atoms. The molecule has 1 aliphatic heterocycles. The number of carbonyl (C=O) groups is 2. The first-order valence-corrected chi connectivity index (χ1v) is 10.9. The number of carbonyl (C=O) groups excluding carboxylic acids is 2. The van der Waals surface area contributed by atoms with Crippen LogP contribution < -0.4 is 10.1 Å². The van der Waals surface area contributed by atoms with Crippen molar-refractivity contribution in [1.82, 2.24) is 20.2 Å². The molecule has 0 radical (unpaired) electrons. The van der Waals surface area contributed by atoms with Crippen molar-refractivity contribution in [3.05, 3.63) is 40.0 Å². The van der Waals surface area contributed by atoms with Gasteiger partial charge in [-0.25, -0.2) is 9.97 Å². The normalized spacial score (nSPS) is 16.7. The van der Waals surface area contributed by atoms with Crippen molar-refractivity contribution in [2.24, 2.45) is 5.92 Å². The van der Waals surface area contributed by atoms with Gasteiger partial charge in [-0.1, -0.05) is 13.8 Å². The predicted octanol–water partition coefficient (Wildman–Crippen LogP) is 2.88. The zero-order chi connectivity index (χ0) is 20.8. The molecule has 2 aromatic rings. The molecule has 3 heterocycles. The molecular weight excluding hydrogens is 388 g/mol. The average Bonchev–Trinajstić information content (AvgIpc) is 3.22. The van der Waals surface area contributed by atoms with Crippen molar-refractivity contribution in [3.63, 3.8) is 0 Å². The number of nitrogens with one attached hydrogen (secondary N) is 1. The van der Waals surface area contributed by atoms with Crippen LogP contribution in [0.25, 0.3) is 0 Å². The summed E-state index contributed by atoms with van der Waals surface area (Å²) in [6.07, 6.45) is 4.28. The van der Waals surface area contributed by atoms with Gasteiger partial charge in [-0.05, 0) is 18.9 Å². The second-order valence-electron chi connectivity index (χ2n) is 7.55.